The average molecular weight is 239 g/mol. The molecule has 17 heavy (non-hydrogen) atoms. The number of hydrogen-bond acceptors (Lipinski definition) is 3. The van der Waals surface area contributed by atoms with Crippen LogP contribution in [0.25, 0.3) is 0 Å². The van der Waals surface area contributed by atoms with Crippen molar-refractivity contribution in [2.45, 2.75) is 20.4 Å². The minimum Gasteiger partial charge on any atom is -0.481 e. The summed E-state index contributed by atoms with van der Waals surface area (Å²) in [6.07, 6.45) is 3.34. The lowest BCUT2D eigenvalue weighted by Crippen LogP contribution is -2.36. The normalized spacial score (nSPS) is 14.1. The molecule has 1 amide bonds. The van der Waals surface area contributed by atoms with E-state index in [9.17, 15) is 9.59 Å². The van der Waals surface area contributed by atoms with Crippen LogP contribution in [0.1, 0.15) is 19.4 Å². The minimum atomic E-state index is -0.956. The Kier molecular flexibility index (Phi) is 4.25. The lowest BCUT2D eigenvalue weighted by molar-refractivity contribution is -0.148. The molecule has 2 unspecified atom stereocenters. The third-order valence-electron chi connectivity index (χ3n) is 2.88. The van der Waals surface area contributed by atoms with Gasteiger partial charge in [0.05, 0.1) is 12.1 Å². The molecule has 0 saturated carbocycles. The van der Waals surface area contributed by atoms with E-state index in [1.807, 2.05) is 0 Å². The molecule has 2 atom stereocenters. The number of carbonyl (C=O) groups is 2. The van der Waals surface area contributed by atoms with Gasteiger partial charge >= 0.3 is 5.97 Å². The number of nitrogens with zero attached hydrogens (tertiary/aromatic N) is 2. The van der Waals surface area contributed by atoms with Crippen LogP contribution in [0.15, 0.2) is 12.4 Å². The van der Waals surface area contributed by atoms with Crippen molar-refractivity contribution in [2.24, 2.45) is 11.8 Å². The van der Waals surface area contributed by atoms with Crippen LogP contribution in [0, 0.1) is 11.8 Å². The van der Waals surface area contributed by atoms with Gasteiger partial charge < -0.3 is 10.0 Å². The van der Waals surface area contributed by atoms with Gasteiger partial charge in [-0.05, 0) is 0 Å². The molecule has 0 aliphatic heterocycles. The summed E-state index contributed by atoms with van der Waals surface area (Å²) < 4.78 is 0. The quantitative estimate of drug-likeness (QED) is 0.792. The molecule has 0 fully saturated rings. The van der Waals surface area contributed by atoms with E-state index in [1.54, 1.807) is 26.4 Å². The molecular formula is C11H17N3O3. The first kappa shape index (κ1) is 13.2. The summed E-state index contributed by atoms with van der Waals surface area (Å²) in [5.74, 6) is -2.36. The number of nitrogens with one attached hydrogen (secondary N) is 1. The van der Waals surface area contributed by atoms with E-state index >= 15 is 0 Å². The third kappa shape index (κ3) is 3.30. The molecule has 1 aromatic rings. The Morgan fingerprint density at radius 2 is 2.12 bits per heavy atom. The Morgan fingerprint density at radius 3 is 2.59 bits per heavy atom. The SMILES string of the molecule is CC(C(=O)O)C(C)C(=O)N(C)Cc1cn[nH]c1. The van der Waals surface area contributed by atoms with Gasteiger partial charge in [0.1, 0.15) is 0 Å². The first-order valence-corrected chi connectivity index (χ1v) is 5.39. The fraction of sp³-hybridized carbons (Fsp3) is 0.545. The zero-order valence-electron chi connectivity index (χ0n) is 10.2. The third-order valence-corrected chi connectivity index (χ3v) is 2.88. The molecule has 2 N–H and O–H groups in total. The van der Waals surface area contributed by atoms with Gasteiger partial charge in [0.2, 0.25) is 5.91 Å². The van der Waals surface area contributed by atoms with Gasteiger partial charge in [0.25, 0.3) is 0 Å². The second-order valence-electron chi connectivity index (χ2n) is 4.22. The predicted molar refractivity (Wildman–Crippen MR) is 61.0 cm³/mol. The molecule has 0 saturated heterocycles. The highest BCUT2D eigenvalue weighted by atomic mass is 16.4. The number of rotatable bonds is 5. The maximum atomic E-state index is 11.9. The van der Waals surface area contributed by atoms with Crippen LogP contribution >= 0.6 is 0 Å². The van der Waals surface area contributed by atoms with Gasteiger partial charge in [0.15, 0.2) is 0 Å². The van der Waals surface area contributed by atoms with Crippen molar-refractivity contribution in [3.8, 4) is 0 Å². The van der Waals surface area contributed by atoms with E-state index in [0.717, 1.165) is 5.56 Å². The van der Waals surface area contributed by atoms with Crippen LogP contribution in [0.5, 0.6) is 0 Å². The Morgan fingerprint density at radius 1 is 1.47 bits per heavy atom. The number of hydrogen-bond donors (Lipinski definition) is 2. The zero-order valence-corrected chi connectivity index (χ0v) is 10.2. The van der Waals surface area contributed by atoms with Gasteiger partial charge in [0, 0.05) is 31.3 Å². The van der Waals surface area contributed by atoms with E-state index in [0.29, 0.717) is 6.54 Å². The Labute approximate surface area is 99.6 Å². The molecule has 0 aliphatic rings. The zero-order chi connectivity index (χ0) is 13.0. The molecule has 1 rings (SSSR count). The molecule has 0 spiro atoms. The van der Waals surface area contributed by atoms with E-state index in [4.69, 9.17) is 5.11 Å². The highest BCUT2D eigenvalue weighted by Gasteiger charge is 2.27. The first-order valence-electron chi connectivity index (χ1n) is 5.39. The fourth-order valence-electron chi connectivity index (χ4n) is 1.49. The lowest BCUT2D eigenvalue weighted by Gasteiger charge is -2.22. The van der Waals surface area contributed by atoms with Gasteiger partial charge in [-0.15, -0.1) is 0 Å². The summed E-state index contributed by atoms with van der Waals surface area (Å²) in [4.78, 5) is 24.3. The van der Waals surface area contributed by atoms with Crippen molar-refractivity contribution in [3.63, 3.8) is 0 Å². The molecule has 0 aromatic carbocycles. The van der Waals surface area contributed by atoms with Crippen LogP contribution in [-0.2, 0) is 16.1 Å². The smallest absolute Gasteiger partial charge is 0.307 e. The van der Waals surface area contributed by atoms with E-state index in [2.05, 4.69) is 10.2 Å². The van der Waals surface area contributed by atoms with Crippen LogP contribution < -0.4 is 0 Å². The number of carbonyl (C=O) groups excluding carboxylic acids is 1. The van der Waals surface area contributed by atoms with Crippen molar-refractivity contribution in [2.75, 3.05) is 7.05 Å². The fourth-order valence-corrected chi connectivity index (χ4v) is 1.49. The number of carboxylic acid groups (broad SMARTS) is 1. The second kappa shape index (κ2) is 5.47. The van der Waals surface area contributed by atoms with Crippen molar-refractivity contribution >= 4 is 11.9 Å². The molecule has 6 nitrogen and oxygen atoms in total. The molecule has 94 valence electrons. The second-order valence-corrected chi connectivity index (χ2v) is 4.22. The highest BCUT2D eigenvalue weighted by molar-refractivity contribution is 5.84. The largest absolute Gasteiger partial charge is 0.481 e. The van der Waals surface area contributed by atoms with Gasteiger partial charge in [-0.25, -0.2) is 0 Å². The maximum absolute atomic E-state index is 11.9. The van der Waals surface area contributed by atoms with Crippen LogP contribution in [0.2, 0.25) is 0 Å². The van der Waals surface area contributed by atoms with Crippen molar-refractivity contribution in [1.82, 2.24) is 15.1 Å². The summed E-state index contributed by atoms with van der Waals surface area (Å²) in [5.41, 5.74) is 0.885. The predicted octanol–water partition coefficient (Wildman–Crippen LogP) is 0.725. The Hall–Kier alpha value is -1.85. The molecule has 0 bridgehead atoms. The lowest BCUT2D eigenvalue weighted by atomic mass is 9.95. The summed E-state index contributed by atoms with van der Waals surface area (Å²) in [6.45, 7) is 3.59. The molecule has 0 aliphatic carbocycles. The summed E-state index contributed by atoms with van der Waals surface area (Å²) in [6, 6.07) is 0. The van der Waals surface area contributed by atoms with Crippen LogP contribution in [-0.4, -0.2) is 39.1 Å². The molecule has 0 radical (unpaired) electrons. The molecule has 1 heterocycles. The van der Waals surface area contributed by atoms with E-state index in [1.165, 1.54) is 11.8 Å². The van der Waals surface area contributed by atoms with Crippen molar-refractivity contribution in [3.05, 3.63) is 18.0 Å². The number of aromatic amines is 1. The minimum absolute atomic E-state index is 0.180. The van der Waals surface area contributed by atoms with E-state index in [-0.39, 0.29) is 5.91 Å². The highest BCUT2D eigenvalue weighted by Crippen LogP contribution is 2.15. The Bertz CT molecular complexity index is 389. The van der Waals surface area contributed by atoms with Crippen molar-refractivity contribution < 1.29 is 14.7 Å². The summed E-state index contributed by atoms with van der Waals surface area (Å²) in [5, 5.41) is 15.3. The molecule has 6 heteroatoms. The number of amides is 1. The first-order chi connectivity index (χ1) is 7.93. The summed E-state index contributed by atoms with van der Waals surface area (Å²) >= 11 is 0. The topological polar surface area (TPSA) is 86.3 Å². The summed E-state index contributed by atoms with van der Waals surface area (Å²) in [7, 11) is 1.65. The molecular weight excluding hydrogens is 222 g/mol. The van der Waals surface area contributed by atoms with Gasteiger partial charge in [-0.3, -0.25) is 14.7 Å². The van der Waals surface area contributed by atoms with Crippen LogP contribution in [0.4, 0.5) is 0 Å². The standard InChI is InChI=1S/C11H17N3O3/c1-7(8(2)11(16)17)10(15)14(3)6-9-4-12-13-5-9/h4-5,7-8H,6H2,1-3H3,(H,12,13)(H,16,17). The number of carboxylic acids is 1. The number of aliphatic carboxylic acids is 1. The van der Waals surface area contributed by atoms with Crippen molar-refractivity contribution in [1.29, 1.82) is 0 Å². The monoisotopic (exact) mass is 239 g/mol. The number of H-pyrrole nitrogens is 1. The van der Waals surface area contributed by atoms with Crippen LogP contribution in [0.3, 0.4) is 0 Å². The maximum Gasteiger partial charge on any atom is 0.307 e. The van der Waals surface area contributed by atoms with Gasteiger partial charge in [-0.1, -0.05) is 13.8 Å². The Balaban J connectivity index is 2.60. The van der Waals surface area contributed by atoms with E-state index < -0.39 is 17.8 Å². The molecule has 1 aromatic heterocycles. The van der Waals surface area contributed by atoms with Gasteiger partial charge in [-0.2, -0.15) is 5.10 Å². The number of aromatic nitrogens is 2. The average Bonchev–Trinajstić information content (AvgIpc) is 2.78.